The quantitative estimate of drug-likeness (QED) is 0.187. The summed E-state index contributed by atoms with van der Waals surface area (Å²) >= 11 is 0. The maximum Gasteiger partial charge on any atom is 0.290 e. The van der Waals surface area contributed by atoms with Gasteiger partial charge in [0.1, 0.15) is 6.04 Å². The van der Waals surface area contributed by atoms with Crippen molar-refractivity contribution in [3.05, 3.63) is 29.3 Å². The molecule has 0 aromatic heterocycles. The van der Waals surface area contributed by atoms with Crippen molar-refractivity contribution < 1.29 is 33.9 Å². The van der Waals surface area contributed by atoms with Crippen molar-refractivity contribution in [2.24, 2.45) is 5.92 Å². The lowest BCUT2D eigenvalue weighted by molar-refractivity contribution is -0.136. The summed E-state index contributed by atoms with van der Waals surface area (Å²) < 4.78 is 0. The number of amides is 5. The topological polar surface area (TPSA) is 162 Å². The van der Waals surface area contributed by atoms with Gasteiger partial charge in [-0.05, 0) is 44.2 Å². The van der Waals surface area contributed by atoms with E-state index in [0.717, 1.165) is 62.8 Å². The number of unbranched alkanes of at least 4 members (excludes halogenated alkanes) is 5. The van der Waals surface area contributed by atoms with E-state index < -0.39 is 23.8 Å². The fraction of sp³-hybridized carbons (Fsp3) is 0.538. The van der Waals surface area contributed by atoms with Gasteiger partial charge < -0.3 is 15.7 Å². The molecule has 5 amide bonds. The van der Waals surface area contributed by atoms with E-state index in [2.05, 4.69) is 16.0 Å². The van der Waals surface area contributed by atoms with Crippen LogP contribution in [-0.2, 0) is 19.2 Å². The third kappa shape index (κ3) is 7.37. The molecule has 11 nitrogen and oxygen atoms in total. The van der Waals surface area contributed by atoms with Crippen molar-refractivity contribution in [1.82, 2.24) is 15.5 Å². The van der Waals surface area contributed by atoms with Gasteiger partial charge in [-0.25, -0.2) is 0 Å². The van der Waals surface area contributed by atoms with E-state index >= 15 is 0 Å². The van der Waals surface area contributed by atoms with Crippen molar-refractivity contribution in [2.45, 2.75) is 70.3 Å². The second kappa shape index (κ2) is 13.5. The first-order valence-corrected chi connectivity index (χ1v) is 12.8. The molecule has 2 fully saturated rings. The van der Waals surface area contributed by atoms with Gasteiger partial charge in [-0.15, -0.1) is 0 Å². The highest BCUT2D eigenvalue weighted by atomic mass is 16.3. The Morgan fingerprint density at radius 2 is 1.62 bits per heavy atom. The summed E-state index contributed by atoms with van der Waals surface area (Å²) in [6.45, 7) is 1.19. The number of anilines is 1. The minimum Gasteiger partial charge on any atom is -0.483 e. The molecule has 37 heavy (non-hydrogen) atoms. The largest absolute Gasteiger partial charge is 0.483 e. The first-order chi connectivity index (χ1) is 17.9. The average Bonchev–Trinajstić information content (AvgIpc) is 3.69. The van der Waals surface area contributed by atoms with E-state index in [1.807, 2.05) is 0 Å². The molecule has 1 aromatic carbocycles. The fourth-order valence-electron chi connectivity index (χ4n) is 4.54. The Morgan fingerprint density at radius 3 is 2.27 bits per heavy atom. The molecule has 0 bridgehead atoms. The average molecular weight is 515 g/mol. The zero-order valence-corrected chi connectivity index (χ0v) is 20.8. The molecule has 1 saturated carbocycles. The van der Waals surface area contributed by atoms with Gasteiger partial charge in [0.05, 0.1) is 11.1 Å². The van der Waals surface area contributed by atoms with Gasteiger partial charge in [0, 0.05) is 31.1 Å². The highest BCUT2D eigenvalue weighted by Crippen LogP contribution is 2.32. The molecule has 1 saturated heterocycles. The summed E-state index contributed by atoms with van der Waals surface area (Å²) in [5.74, 6) is -1.50. The molecule has 0 radical (unpaired) electrons. The Hall–Kier alpha value is -3.76. The van der Waals surface area contributed by atoms with E-state index in [0.29, 0.717) is 17.8 Å². The molecular formula is C26H34N4O7. The Bertz CT molecular complexity index is 1040. The molecule has 4 rings (SSSR count). The van der Waals surface area contributed by atoms with Crippen molar-refractivity contribution in [1.29, 1.82) is 0 Å². The molecule has 2 aliphatic heterocycles. The standard InChI is InChI=1S/C25H32N4O5.CH2O2/c30-20-13-12-19(23(32)28-20)29-24(33)17-8-7-9-18(21(17)25(29)34)26-14-5-3-1-2-4-6-15-27-22(31)16-10-11-16;2-1-3/h7-9,16,19,26H,1-6,10-15H2,(H,27,31)(H,28,30,32);1H,(H,2,3). The van der Waals surface area contributed by atoms with E-state index in [4.69, 9.17) is 9.90 Å². The minimum atomic E-state index is -0.958. The van der Waals surface area contributed by atoms with Crippen LogP contribution in [0.4, 0.5) is 5.69 Å². The van der Waals surface area contributed by atoms with Crippen LogP contribution in [0.2, 0.25) is 0 Å². The maximum absolute atomic E-state index is 13.1. The van der Waals surface area contributed by atoms with Crippen LogP contribution in [0.5, 0.6) is 0 Å². The highest BCUT2D eigenvalue weighted by Gasteiger charge is 2.45. The predicted octanol–water partition coefficient (Wildman–Crippen LogP) is 2.07. The first kappa shape index (κ1) is 27.8. The van der Waals surface area contributed by atoms with Gasteiger partial charge in [0.15, 0.2) is 0 Å². The molecule has 1 unspecified atom stereocenters. The van der Waals surface area contributed by atoms with Crippen LogP contribution in [0.3, 0.4) is 0 Å². The number of benzene rings is 1. The minimum absolute atomic E-state index is 0.101. The second-order valence-corrected chi connectivity index (χ2v) is 9.39. The van der Waals surface area contributed by atoms with E-state index in [-0.39, 0.29) is 42.6 Å². The van der Waals surface area contributed by atoms with Crippen LogP contribution in [0.1, 0.15) is 84.9 Å². The molecule has 11 heteroatoms. The lowest BCUT2D eigenvalue weighted by Crippen LogP contribution is -2.54. The number of carboxylic acid groups (broad SMARTS) is 1. The Labute approximate surface area is 215 Å². The summed E-state index contributed by atoms with van der Waals surface area (Å²) in [5, 5.41) is 15.4. The molecule has 200 valence electrons. The number of piperidine rings is 1. The zero-order valence-electron chi connectivity index (χ0n) is 20.8. The molecule has 1 atom stereocenters. The molecule has 1 aliphatic carbocycles. The molecule has 0 spiro atoms. The highest BCUT2D eigenvalue weighted by molar-refractivity contribution is 6.25. The molecular weight excluding hydrogens is 480 g/mol. The number of hydrogen-bond donors (Lipinski definition) is 4. The van der Waals surface area contributed by atoms with Crippen molar-refractivity contribution >= 4 is 41.7 Å². The van der Waals surface area contributed by atoms with Crippen molar-refractivity contribution in [2.75, 3.05) is 18.4 Å². The molecule has 1 aromatic rings. The number of hydrogen-bond acceptors (Lipinski definition) is 7. The van der Waals surface area contributed by atoms with Gasteiger partial charge in [0.2, 0.25) is 17.7 Å². The lowest BCUT2D eigenvalue weighted by atomic mass is 10.0. The third-order valence-electron chi connectivity index (χ3n) is 6.63. The monoisotopic (exact) mass is 514 g/mol. The number of nitrogens with zero attached hydrogens (tertiary/aromatic N) is 1. The Morgan fingerprint density at radius 1 is 0.973 bits per heavy atom. The normalized spacial score (nSPS) is 18.5. The number of nitrogens with one attached hydrogen (secondary N) is 3. The van der Waals surface area contributed by atoms with Crippen molar-refractivity contribution in [3.8, 4) is 0 Å². The van der Waals surface area contributed by atoms with Crippen LogP contribution < -0.4 is 16.0 Å². The van der Waals surface area contributed by atoms with Gasteiger partial charge in [-0.3, -0.25) is 39.0 Å². The van der Waals surface area contributed by atoms with Gasteiger partial charge >= 0.3 is 0 Å². The van der Waals surface area contributed by atoms with Crippen LogP contribution in [0, 0.1) is 5.92 Å². The third-order valence-corrected chi connectivity index (χ3v) is 6.63. The summed E-state index contributed by atoms with van der Waals surface area (Å²) in [6, 6.07) is 4.13. The summed E-state index contributed by atoms with van der Waals surface area (Å²) in [5.41, 5.74) is 1.18. The summed E-state index contributed by atoms with van der Waals surface area (Å²) in [4.78, 5) is 70.5. The lowest BCUT2D eigenvalue weighted by Gasteiger charge is -2.27. The zero-order chi connectivity index (χ0) is 26.8. The molecule has 3 aliphatic rings. The van der Waals surface area contributed by atoms with Crippen LogP contribution in [0.25, 0.3) is 0 Å². The smallest absolute Gasteiger partial charge is 0.290 e. The number of carbonyl (C=O) groups excluding carboxylic acids is 5. The Balaban J connectivity index is 0.00000121. The second-order valence-electron chi connectivity index (χ2n) is 9.39. The molecule has 2 heterocycles. The van der Waals surface area contributed by atoms with Crippen LogP contribution >= 0.6 is 0 Å². The van der Waals surface area contributed by atoms with E-state index in [9.17, 15) is 24.0 Å². The Kier molecular flexibility index (Phi) is 10.2. The first-order valence-electron chi connectivity index (χ1n) is 12.8. The fourth-order valence-corrected chi connectivity index (χ4v) is 4.54. The van der Waals surface area contributed by atoms with Crippen molar-refractivity contribution in [3.63, 3.8) is 0 Å². The van der Waals surface area contributed by atoms with Gasteiger partial charge in [-0.2, -0.15) is 0 Å². The predicted molar refractivity (Wildman–Crippen MR) is 134 cm³/mol. The summed E-state index contributed by atoms with van der Waals surface area (Å²) in [7, 11) is 0. The number of rotatable bonds is 12. The van der Waals surface area contributed by atoms with E-state index in [1.165, 1.54) is 0 Å². The SMILES string of the molecule is O=C1CCC(N2C(=O)c3cccc(NCCCCCCCCNC(=O)C4CC4)c3C2=O)C(=O)N1.O=CO. The number of fused-ring (bicyclic) bond motifs is 1. The van der Waals surface area contributed by atoms with Gasteiger partial charge in [0.25, 0.3) is 18.3 Å². The summed E-state index contributed by atoms with van der Waals surface area (Å²) in [6.07, 6.45) is 8.62. The number of carbonyl (C=O) groups is 6. The van der Waals surface area contributed by atoms with Crippen LogP contribution in [-0.4, -0.2) is 65.1 Å². The van der Waals surface area contributed by atoms with Gasteiger partial charge in [-0.1, -0.05) is 31.7 Å². The molecule has 4 N–H and O–H groups in total. The van der Waals surface area contributed by atoms with E-state index in [1.54, 1.807) is 18.2 Å². The number of imide groups is 2. The maximum atomic E-state index is 13.1. The van der Waals surface area contributed by atoms with Crippen LogP contribution in [0.15, 0.2) is 18.2 Å².